The summed E-state index contributed by atoms with van der Waals surface area (Å²) in [6.07, 6.45) is 4.94. The number of aromatic nitrogens is 1. The first-order valence-electron chi connectivity index (χ1n) is 7.65. The molecule has 0 bridgehead atoms. The van der Waals surface area contributed by atoms with Crippen molar-refractivity contribution in [3.63, 3.8) is 0 Å². The van der Waals surface area contributed by atoms with Gasteiger partial charge in [0, 0.05) is 18.2 Å². The number of nitrogens with zero attached hydrogens (tertiary/aromatic N) is 1. The molecule has 5 heteroatoms. The van der Waals surface area contributed by atoms with Crippen molar-refractivity contribution in [3.05, 3.63) is 36.0 Å². The molecule has 0 aliphatic heterocycles. The maximum Gasteiger partial charge on any atom is 0.273 e. The van der Waals surface area contributed by atoms with Crippen LogP contribution < -0.4 is 10.1 Å². The van der Waals surface area contributed by atoms with E-state index in [1.165, 1.54) is 25.7 Å². The Bertz CT molecular complexity index is 645. The minimum atomic E-state index is -0.176. The number of hydrogen-bond acceptors (Lipinski definition) is 4. The van der Waals surface area contributed by atoms with E-state index in [0.717, 1.165) is 17.9 Å². The molecule has 5 nitrogen and oxygen atoms in total. The molecule has 0 radical (unpaired) electrons. The summed E-state index contributed by atoms with van der Waals surface area (Å²) in [5, 5.41) is 6.81. The molecule has 3 rings (SSSR count). The van der Waals surface area contributed by atoms with Crippen LogP contribution >= 0.6 is 0 Å². The summed E-state index contributed by atoms with van der Waals surface area (Å²) in [4.78, 5) is 12.1. The van der Waals surface area contributed by atoms with Crippen molar-refractivity contribution in [1.82, 2.24) is 10.5 Å². The van der Waals surface area contributed by atoms with Gasteiger partial charge in [0.1, 0.15) is 5.75 Å². The Balaban J connectivity index is 1.65. The van der Waals surface area contributed by atoms with Gasteiger partial charge in [-0.3, -0.25) is 4.79 Å². The van der Waals surface area contributed by atoms with E-state index in [0.29, 0.717) is 17.4 Å². The van der Waals surface area contributed by atoms with Crippen molar-refractivity contribution in [2.24, 2.45) is 5.92 Å². The van der Waals surface area contributed by atoms with Crippen molar-refractivity contribution < 1.29 is 14.1 Å². The average molecular weight is 300 g/mol. The summed E-state index contributed by atoms with van der Waals surface area (Å²) in [5.74, 6) is 1.73. The Hall–Kier alpha value is -2.30. The third-order valence-electron chi connectivity index (χ3n) is 4.12. The first-order valence-corrected chi connectivity index (χ1v) is 7.65. The standard InChI is InChI=1S/C17H20N2O3/c1-21-14-8-4-7-13(9-14)16-10-15(19-22-16)17(20)18-11-12-5-2-3-6-12/h4,7-10,12H,2-3,5-6,11H2,1H3,(H,18,20). The van der Waals surface area contributed by atoms with Crippen molar-refractivity contribution in [3.8, 4) is 17.1 Å². The minimum Gasteiger partial charge on any atom is -0.497 e. The molecule has 1 N–H and O–H groups in total. The number of carbonyl (C=O) groups is 1. The highest BCUT2D eigenvalue weighted by Crippen LogP contribution is 2.25. The third-order valence-corrected chi connectivity index (χ3v) is 4.12. The molecular weight excluding hydrogens is 280 g/mol. The molecule has 22 heavy (non-hydrogen) atoms. The molecule has 0 saturated heterocycles. The maximum absolute atomic E-state index is 12.1. The van der Waals surface area contributed by atoms with Crippen molar-refractivity contribution in [2.45, 2.75) is 25.7 Å². The monoisotopic (exact) mass is 300 g/mol. The van der Waals surface area contributed by atoms with Crippen LogP contribution in [0.25, 0.3) is 11.3 Å². The molecule has 2 aromatic rings. The van der Waals surface area contributed by atoms with Crippen LogP contribution in [-0.4, -0.2) is 24.7 Å². The molecule has 1 aromatic carbocycles. The number of amides is 1. The zero-order chi connectivity index (χ0) is 15.4. The Labute approximate surface area is 129 Å². The molecule has 1 heterocycles. The van der Waals surface area contributed by atoms with E-state index in [4.69, 9.17) is 9.26 Å². The van der Waals surface area contributed by atoms with Crippen LogP contribution in [0.1, 0.15) is 36.2 Å². The van der Waals surface area contributed by atoms with Gasteiger partial charge in [-0.1, -0.05) is 30.1 Å². The topological polar surface area (TPSA) is 64.4 Å². The predicted octanol–water partition coefficient (Wildman–Crippen LogP) is 3.27. The predicted molar refractivity (Wildman–Crippen MR) is 82.8 cm³/mol. The quantitative estimate of drug-likeness (QED) is 0.920. The van der Waals surface area contributed by atoms with Crippen LogP contribution in [0.2, 0.25) is 0 Å². The van der Waals surface area contributed by atoms with Gasteiger partial charge in [-0.25, -0.2) is 0 Å². The lowest BCUT2D eigenvalue weighted by atomic mass is 10.1. The van der Waals surface area contributed by atoms with Crippen LogP contribution in [0.3, 0.4) is 0 Å². The van der Waals surface area contributed by atoms with Crippen LogP contribution in [-0.2, 0) is 0 Å². The van der Waals surface area contributed by atoms with Crippen molar-refractivity contribution in [2.75, 3.05) is 13.7 Å². The molecule has 1 amide bonds. The minimum absolute atomic E-state index is 0.176. The summed E-state index contributed by atoms with van der Waals surface area (Å²) in [7, 11) is 1.61. The highest BCUT2D eigenvalue weighted by Gasteiger charge is 2.18. The first kappa shape index (κ1) is 14.6. The molecule has 1 aliphatic carbocycles. The summed E-state index contributed by atoms with van der Waals surface area (Å²) in [6.45, 7) is 0.722. The smallest absolute Gasteiger partial charge is 0.273 e. The van der Waals surface area contributed by atoms with Gasteiger partial charge < -0.3 is 14.6 Å². The van der Waals surface area contributed by atoms with Gasteiger partial charge in [-0.2, -0.15) is 0 Å². The van der Waals surface area contributed by atoms with Gasteiger partial charge in [-0.05, 0) is 30.9 Å². The molecule has 0 unspecified atom stereocenters. The van der Waals surface area contributed by atoms with Gasteiger partial charge >= 0.3 is 0 Å². The Kier molecular flexibility index (Phi) is 4.42. The summed E-state index contributed by atoms with van der Waals surface area (Å²) in [6, 6.07) is 9.13. The average Bonchev–Trinajstić information content (AvgIpc) is 3.24. The normalized spacial score (nSPS) is 15.0. The van der Waals surface area contributed by atoms with Gasteiger partial charge in [0.05, 0.1) is 7.11 Å². The molecule has 1 fully saturated rings. The Morgan fingerprint density at radius 2 is 2.18 bits per heavy atom. The number of ether oxygens (including phenoxy) is 1. The zero-order valence-corrected chi connectivity index (χ0v) is 12.7. The van der Waals surface area contributed by atoms with Gasteiger partial charge in [0.25, 0.3) is 5.91 Å². The number of carbonyl (C=O) groups excluding carboxylic acids is 1. The van der Waals surface area contributed by atoms with Gasteiger partial charge in [0.2, 0.25) is 0 Å². The molecule has 0 spiro atoms. The Morgan fingerprint density at radius 3 is 2.95 bits per heavy atom. The Morgan fingerprint density at radius 1 is 1.36 bits per heavy atom. The number of hydrogen-bond donors (Lipinski definition) is 1. The lowest BCUT2D eigenvalue weighted by Crippen LogP contribution is -2.28. The highest BCUT2D eigenvalue weighted by atomic mass is 16.5. The number of methoxy groups -OCH3 is 1. The summed E-state index contributed by atoms with van der Waals surface area (Å²) < 4.78 is 10.5. The van der Waals surface area contributed by atoms with E-state index in [9.17, 15) is 4.79 Å². The fourth-order valence-electron chi connectivity index (χ4n) is 2.84. The molecule has 116 valence electrons. The molecule has 0 atom stereocenters. The lowest BCUT2D eigenvalue weighted by molar-refractivity contribution is 0.0938. The third kappa shape index (κ3) is 3.30. The van der Waals surface area contributed by atoms with Crippen LogP contribution in [0.5, 0.6) is 5.75 Å². The largest absolute Gasteiger partial charge is 0.497 e. The molecule has 1 aliphatic rings. The number of benzene rings is 1. The summed E-state index contributed by atoms with van der Waals surface area (Å²) in [5.41, 5.74) is 1.15. The number of rotatable bonds is 5. The first-order chi connectivity index (χ1) is 10.8. The maximum atomic E-state index is 12.1. The second-order valence-corrected chi connectivity index (χ2v) is 5.67. The van der Waals surface area contributed by atoms with Crippen molar-refractivity contribution in [1.29, 1.82) is 0 Å². The van der Waals surface area contributed by atoms with E-state index in [-0.39, 0.29) is 5.91 Å². The second-order valence-electron chi connectivity index (χ2n) is 5.67. The fourth-order valence-corrected chi connectivity index (χ4v) is 2.84. The van der Waals surface area contributed by atoms with Crippen LogP contribution in [0.4, 0.5) is 0 Å². The van der Waals surface area contributed by atoms with Crippen molar-refractivity contribution >= 4 is 5.91 Å². The molecular formula is C17H20N2O3. The molecule has 1 saturated carbocycles. The van der Waals surface area contributed by atoms with E-state index in [1.54, 1.807) is 13.2 Å². The SMILES string of the molecule is COc1cccc(-c2cc(C(=O)NCC3CCCC3)no2)c1. The molecule has 1 aromatic heterocycles. The van der Waals surface area contributed by atoms with E-state index in [1.807, 2.05) is 24.3 Å². The highest BCUT2D eigenvalue weighted by molar-refractivity contribution is 5.93. The zero-order valence-electron chi connectivity index (χ0n) is 12.7. The summed E-state index contributed by atoms with van der Waals surface area (Å²) >= 11 is 0. The van der Waals surface area contributed by atoms with Gasteiger partial charge in [0.15, 0.2) is 11.5 Å². The fraction of sp³-hybridized carbons (Fsp3) is 0.412. The van der Waals surface area contributed by atoms with E-state index in [2.05, 4.69) is 10.5 Å². The van der Waals surface area contributed by atoms with E-state index >= 15 is 0 Å². The van der Waals surface area contributed by atoms with Gasteiger partial charge in [-0.15, -0.1) is 0 Å². The lowest BCUT2D eigenvalue weighted by Gasteiger charge is -2.08. The van der Waals surface area contributed by atoms with Crippen LogP contribution in [0, 0.1) is 5.92 Å². The van der Waals surface area contributed by atoms with Crippen LogP contribution in [0.15, 0.2) is 34.9 Å². The number of nitrogens with one attached hydrogen (secondary N) is 1. The van der Waals surface area contributed by atoms with E-state index < -0.39 is 0 Å². The second kappa shape index (κ2) is 6.64.